The van der Waals surface area contributed by atoms with Gasteiger partial charge in [0.2, 0.25) is 5.91 Å². The third-order valence-corrected chi connectivity index (χ3v) is 4.98. The zero-order valence-electron chi connectivity index (χ0n) is 17.1. The quantitative estimate of drug-likeness (QED) is 0.577. The summed E-state index contributed by atoms with van der Waals surface area (Å²) in [5.41, 5.74) is 4.48. The van der Waals surface area contributed by atoms with Crippen molar-refractivity contribution in [3.8, 4) is 22.6 Å². The number of methoxy groups -OCH3 is 2. The Balaban J connectivity index is 1.55. The molecule has 0 radical (unpaired) electrons. The molecule has 29 heavy (non-hydrogen) atoms. The summed E-state index contributed by atoms with van der Waals surface area (Å²) in [4.78, 5) is 12.4. The fourth-order valence-corrected chi connectivity index (χ4v) is 3.29. The second-order valence-corrected chi connectivity index (χ2v) is 6.97. The number of carbonyl (C=O) groups excluding carboxylic acids is 1. The van der Waals surface area contributed by atoms with E-state index in [4.69, 9.17) is 9.47 Å². The van der Waals surface area contributed by atoms with Crippen LogP contribution in [0, 0.1) is 0 Å². The number of nitrogens with one attached hydrogen (secondary N) is 1. The van der Waals surface area contributed by atoms with Gasteiger partial charge in [-0.25, -0.2) is 0 Å². The molecule has 3 rings (SSSR count). The Labute approximate surface area is 172 Å². The van der Waals surface area contributed by atoms with Gasteiger partial charge in [-0.15, -0.1) is 0 Å². The number of hydrogen-bond donors (Lipinski definition) is 1. The maximum absolute atomic E-state index is 12.4. The molecule has 0 saturated carbocycles. The van der Waals surface area contributed by atoms with Gasteiger partial charge in [0.25, 0.3) is 0 Å². The van der Waals surface area contributed by atoms with Crippen molar-refractivity contribution in [2.24, 2.45) is 0 Å². The number of aryl methyl sites for hydroxylation is 1. The van der Waals surface area contributed by atoms with E-state index in [-0.39, 0.29) is 11.9 Å². The first kappa shape index (κ1) is 20.5. The van der Waals surface area contributed by atoms with Crippen molar-refractivity contribution in [2.75, 3.05) is 14.2 Å². The molecule has 0 fully saturated rings. The minimum absolute atomic E-state index is 0.0272. The molecule has 150 valence electrons. The summed E-state index contributed by atoms with van der Waals surface area (Å²) in [5.74, 6) is 1.39. The molecule has 0 aliphatic carbocycles. The molecule has 1 atom stereocenters. The summed E-state index contributed by atoms with van der Waals surface area (Å²) in [7, 11) is 3.22. The molecule has 0 aliphatic rings. The van der Waals surface area contributed by atoms with Crippen molar-refractivity contribution in [2.45, 2.75) is 25.8 Å². The average molecular weight is 389 g/mol. The summed E-state index contributed by atoms with van der Waals surface area (Å²) in [6.07, 6.45) is 1.06. The molecular weight excluding hydrogens is 362 g/mol. The van der Waals surface area contributed by atoms with Crippen LogP contribution in [0.1, 0.15) is 30.5 Å². The van der Waals surface area contributed by atoms with Gasteiger partial charge in [-0.3, -0.25) is 4.79 Å². The zero-order valence-corrected chi connectivity index (χ0v) is 17.1. The van der Waals surface area contributed by atoms with E-state index in [1.165, 1.54) is 11.1 Å². The lowest BCUT2D eigenvalue weighted by molar-refractivity contribution is -0.121. The molecule has 0 aromatic heterocycles. The zero-order chi connectivity index (χ0) is 20.6. The first-order chi connectivity index (χ1) is 14.1. The fraction of sp³-hybridized carbons (Fsp3) is 0.240. The lowest BCUT2D eigenvalue weighted by Crippen LogP contribution is -2.26. The van der Waals surface area contributed by atoms with E-state index < -0.39 is 0 Å². The highest BCUT2D eigenvalue weighted by Crippen LogP contribution is 2.28. The Morgan fingerprint density at radius 3 is 2.17 bits per heavy atom. The van der Waals surface area contributed by atoms with Crippen molar-refractivity contribution in [3.05, 3.63) is 83.9 Å². The first-order valence-corrected chi connectivity index (χ1v) is 9.76. The molecule has 0 bridgehead atoms. The SMILES string of the molecule is COc1ccc(CCC(=O)N[C@@H](C)c2ccc(-c3ccccc3)cc2)cc1OC. The van der Waals surface area contributed by atoms with Crippen molar-refractivity contribution in [1.82, 2.24) is 5.32 Å². The summed E-state index contributed by atoms with van der Waals surface area (Å²) in [6.45, 7) is 2.01. The number of hydrogen-bond acceptors (Lipinski definition) is 3. The first-order valence-electron chi connectivity index (χ1n) is 9.76. The normalized spacial score (nSPS) is 11.6. The molecule has 0 spiro atoms. The molecule has 0 unspecified atom stereocenters. The van der Waals surface area contributed by atoms with E-state index in [2.05, 4.69) is 41.7 Å². The fourth-order valence-electron chi connectivity index (χ4n) is 3.29. The van der Waals surface area contributed by atoms with Crippen LogP contribution in [0.15, 0.2) is 72.8 Å². The van der Waals surface area contributed by atoms with E-state index >= 15 is 0 Å². The molecule has 1 N–H and O–H groups in total. The van der Waals surface area contributed by atoms with Crippen LogP contribution in [0.5, 0.6) is 11.5 Å². The standard InChI is InChI=1S/C25H27NO3/c1-18(20-11-13-22(14-12-20)21-7-5-4-6-8-21)26-25(27)16-10-19-9-15-23(28-2)24(17-19)29-3/h4-9,11-15,17-18H,10,16H2,1-3H3,(H,26,27)/t18-/m0/s1. The predicted molar refractivity (Wildman–Crippen MR) is 116 cm³/mol. The highest BCUT2D eigenvalue weighted by atomic mass is 16.5. The topological polar surface area (TPSA) is 47.6 Å². The van der Waals surface area contributed by atoms with Gasteiger partial charge in [-0.05, 0) is 47.7 Å². The lowest BCUT2D eigenvalue weighted by atomic mass is 10.0. The second kappa shape index (κ2) is 9.78. The van der Waals surface area contributed by atoms with E-state index in [0.717, 1.165) is 11.1 Å². The minimum Gasteiger partial charge on any atom is -0.493 e. The highest BCUT2D eigenvalue weighted by Gasteiger charge is 2.11. The molecular formula is C25H27NO3. The van der Waals surface area contributed by atoms with Crippen molar-refractivity contribution in [3.63, 3.8) is 0 Å². The van der Waals surface area contributed by atoms with Gasteiger partial charge < -0.3 is 14.8 Å². The summed E-state index contributed by atoms with van der Waals surface area (Å²) in [5, 5.41) is 3.08. The Bertz CT molecular complexity index is 936. The van der Waals surface area contributed by atoms with E-state index in [0.29, 0.717) is 24.3 Å². The Hall–Kier alpha value is -3.27. The number of carbonyl (C=O) groups is 1. The van der Waals surface area contributed by atoms with Crippen LogP contribution in [0.4, 0.5) is 0 Å². The van der Waals surface area contributed by atoms with E-state index in [9.17, 15) is 4.79 Å². The van der Waals surface area contributed by atoms with Gasteiger partial charge >= 0.3 is 0 Å². The van der Waals surface area contributed by atoms with Crippen LogP contribution < -0.4 is 14.8 Å². The minimum atomic E-state index is -0.0438. The van der Waals surface area contributed by atoms with Crippen molar-refractivity contribution in [1.29, 1.82) is 0 Å². The van der Waals surface area contributed by atoms with Crippen molar-refractivity contribution < 1.29 is 14.3 Å². The molecule has 0 saturated heterocycles. The van der Waals surface area contributed by atoms with Crippen LogP contribution >= 0.6 is 0 Å². The molecule has 0 heterocycles. The number of amides is 1. The maximum Gasteiger partial charge on any atom is 0.220 e. The van der Waals surface area contributed by atoms with E-state index in [1.807, 2.05) is 43.3 Å². The second-order valence-electron chi connectivity index (χ2n) is 6.97. The average Bonchev–Trinajstić information content (AvgIpc) is 2.78. The Morgan fingerprint density at radius 1 is 0.862 bits per heavy atom. The third-order valence-electron chi connectivity index (χ3n) is 4.98. The summed E-state index contributed by atoms with van der Waals surface area (Å²) in [6, 6.07) is 24.3. The summed E-state index contributed by atoms with van der Waals surface area (Å²) >= 11 is 0. The van der Waals surface area contributed by atoms with Crippen LogP contribution in [-0.4, -0.2) is 20.1 Å². The van der Waals surface area contributed by atoms with Gasteiger partial charge in [-0.2, -0.15) is 0 Å². The van der Waals surface area contributed by atoms with E-state index in [1.54, 1.807) is 14.2 Å². The monoisotopic (exact) mass is 389 g/mol. The van der Waals surface area contributed by atoms with Crippen LogP contribution in [-0.2, 0) is 11.2 Å². The molecule has 4 nitrogen and oxygen atoms in total. The molecule has 4 heteroatoms. The van der Waals surface area contributed by atoms with Crippen molar-refractivity contribution >= 4 is 5.91 Å². The maximum atomic E-state index is 12.4. The molecule has 0 aliphatic heterocycles. The van der Waals surface area contributed by atoms with Gasteiger partial charge in [0.15, 0.2) is 11.5 Å². The third kappa shape index (κ3) is 5.38. The largest absolute Gasteiger partial charge is 0.493 e. The predicted octanol–water partition coefficient (Wildman–Crippen LogP) is 5.18. The van der Waals surface area contributed by atoms with Gasteiger partial charge in [0, 0.05) is 6.42 Å². The van der Waals surface area contributed by atoms with Gasteiger partial charge in [-0.1, -0.05) is 60.7 Å². The van der Waals surface area contributed by atoms with Crippen LogP contribution in [0.25, 0.3) is 11.1 Å². The van der Waals surface area contributed by atoms with Gasteiger partial charge in [0.05, 0.1) is 20.3 Å². The number of benzene rings is 3. The molecule has 1 amide bonds. The lowest BCUT2D eigenvalue weighted by Gasteiger charge is -2.15. The molecule has 3 aromatic carbocycles. The number of rotatable bonds is 8. The Kier molecular flexibility index (Phi) is 6.90. The van der Waals surface area contributed by atoms with Crippen LogP contribution in [0.3, 0.4) is 0 Å². The Morgan fingerprint density at radius 2 is 1.52 bits per heavy atom. The highest BCUT2D eigenvalue weighted by molar-refractivity contribution is 5.76. The van der Waals surface area contributed by atoms with Gasteiger partial charge in [0.1, 0.15) is 0 Å². The smallest absolute Gasteiger partial charge is 0.220 e. The van der Waals surface area contributed by atoms with Crippen LogP contribution in [0.2, 0.25) is 0 Å². The summed E-state index contributed by atoms with van der Waals surface area (Å²) < 4.78 is 10.6. The molecule has 3 aromatic rings. The number of ether oxygens (including phenoxy) is 2.